The van der Waals surface area contributed by atoms with Crippen LogP contribution in [0.5, 0.6) is 0 Å². The van der Waals surface area contributed by atoms with E-state index in [1.165, 1.54) is 24.1 Å². The second-order valence-electron chi connectivity index (χ2n) is 5.42. The zero-order valence-corrected chi connectivity index (χ0v) is 12.2. The maximum atomic E-state index is 5.29. The molecule has 0 unspecified atom stereocenters. The highest BCUT2D eigenvalue weighted by Gasteiger charge is 2.24. The van der Waals surface area contributed by atoms with Crippen molar-refractivity contribution in [3.05, 3.63) is 35.9 Å². The predicted octanol–water partition coefficient (Wildman–Crippen LogP) is 3.16. The van der Waals surface area contributed by atoms with Crippen LogP contribution in [0.1, 0.15) is 32.3 Å². The van der Waals surface area contributed by atoms with Crippen molar-refractivity contribution in [1.82, 2.24) is 5.01 Å². The molecule has 104 valence electrons. The zero-order chi connectivity index (χ0) is 13.7. The molecule has 3 heteroatoms. The first-order chi connectivity index (χ1) is 9.22. The molecule has 1 aliphatic heterocycles. The molecule has 1 atom stereocenters. The number of rotatable bonds is 5. The summed E-state index contributed by atoms with van der Waals surface area (Å²) in [6.45, 7) is 6.21. The summed E-state index contributed by atoms with van der Waals surface area (Å²) in [5.74, 6) is 0.422. The lowest BCUT2D eigenvalue weighted by Gasteiger charge is -2.23. The summed E-state index contributed by atoms with van der Waals surface area (Å²) in [6, 6.07) is 10.9. The number of hydrogen-bond acceptors (Lipinski definition) is 3. The van der Waals surface area contributed by atoms with Gasteiger partial charge in [0.2, 0.25) is 0 Å². The van der Waals surface area contributed by atoms with Crippen LogP contribution in [0.3, 0.4) is 0 Å². The van der Waals surface area contributed by atoms with E-state index >= 15 is 0 Å². The second-order valence-corrected chi connectivity index (χ2v) is 5.42. The third kappa shape index (κ3) is 3.57. The third-order valence-electron chi connectivity index (χ3n) is 3.56. The summed E-state index contributed by atoms with van der Waals surface area (Å²) in [6.07, 6.45) is 2.38. The van der Waals surface area contributed by atoms with Gasteiger partial charge in [0.05, 0.1) is 18.4 Å². The SMILES string of the molecule is COC[C@@H]1CCCN1/N=C(\c1ccccc1)C(C)C. The Morgan fingerprint density at radius 2 is 2.11 bits per heavy atom. The van der Waals surface area contributed by atoms with Gasteiger partial charge in [0.15, 0.2) is 0 Å². The van der Waals surface area contributed by atoms with Crippen LogP contribution in [-0.4, -0.2) is 37.0 Å². The van der Waals surface area contributed by atoms with Crippen molar-refractivity contribution in [2.24, 2.45) is 11.0 Å². The molecule has 0 bridgehead atoms. The highest BCUT2D eigenvalue weighted by atomic mass is 16.5. The van der Waals surface area contributed by atoms with Crippen LogP contribution in [-0.2, 0) is 4.74 Å². The van der Waals surface area contributed by atoms with Gasteiger partial charge in [-0.2, -0.15) is 5.10 Å². The highest BCUT2D eigenvalue weighted by molar-refractivity contribution is 6.01. The first-order valence-electron chi connectivity index (χ1n) is 7.12. The van der Waals surface area contributed by atoms with Crippen LogP contribution >= 0.6 is 0 Å². The number of benzene rings is 1. The molecule has 1 aromatic rings. The molecule has 0 N–H and O–H groups in total. The number of methoxy groups -OCH3 is 1. The van der Waals surface area contributed by atoms with E-state index in [0.717, 1.165) is 13.2 Å². The van der Waals surface area contributed by atoms with Crippen molar-refractivity contribution in [3.63, 3.8) is 0 Å². The number of hydrazone groups is 1. The Bertz CT molecular complexity index is 414. The van der Waals surface area contributed by atoms with E-state index in [1.807, 2.05) is 6.07 Å². The van der Waals surface area contributed by atoms with Crippen molar-refractivity contribution >= 4 is 5.71 Å². The molecule has 1 fully saturated rings. The Kier molecular flexibility index (Phi) is 4.97. The molecule has 2 rings (SSSR count). The molecule has 1 heterocycles. The molecule has 0 aliphatic carbocycles. The minimum absolute atomic E-state index is 0.422. The molecule has 0 aromatic heterocycles. The third-order valence-corrected chi connectivity index (χ3v) is 3.56. The van der Waals surface area contributed by atoms with Crippen LogP contribution < -0.4 is 0 Å². The summed E-state index contributed by atoms with van der Waals surface area (Å²) in [4.78, 5) is 0. The molecule has 0 amide bonds. The Morgan fingerprint density at radius 3 is 2.74 bits per heavy atom. The summed E-state index contributed by atoms with van der Waals surface area (Å²) >= 11 is 0. The standard InChI is InChI=1S/C16H24N2O/c1-13(2)16(14-8-5-4-6-9-14)17-18-11-7-10-15(18)12-19-3/h4-6,8-9,13,15H,7,10-12H2,1-3H3/b17-16-/t15-/m0/s1. The Morgan fingerprint density at radius 1 is 1.37 bits per heavy atom. The van der Waals surface area contributed by atoms with Gasteiger partial charge in [0, 0.05) is 13.7 Å². The van der Waals surface area contributed by atoms with E-state index in [9.17, 15) is 0 Å². The molecule has 3 nitrogen and oxygen atoms in total. The van der Waals surface area contributed by atoms with Gasteiger partial charge in [-0.1, -0.05) is 44.2 Å². The Balaban J connectivity index is 2.21. The van der Waals surface area contributed by atoms with E-state index < -0.39 is 0 Å². The first kappa shape index (κ1) is 14.1. The largest absolute Gasteiger partial charge is 0.382 e. The van der Waals surface area contributed by atoms with Gasteiger partial charge in [-0.25, -0.2) is 0 Å². The summed E-state index contributed by atoms with van der Waals surface area (Å²) in [5, 5.41) is 7.13. The minimum atomic E-state index is 0.422. The van der Waals surface area contributed by atoms with Crippen molar-refractivity contribution < 1.29 is 4.74 Å². The van der Waals surface area contributed by atoms with Gasteiger partial charge < -0.3 is 4.74 Å². The smallest absolute Gasteiger partial charge is 0.0704 e. The minimum Gasteiger partial charge on any atom is -0.382 e. The van der Waals surface area contributed by atoms with Crippen molar-refractivity contribution in [2.75, 3.05) is 20.3 Å². The second kappa shape index (κ2) is 6.71. The van der Waals surface area contributed by atoms with Crippen LogP contribution in [0.15, 0.2) is 35.4 Å². The maximum Gasteiger partial charge on any atom is 0.0704 e. The summed E-state index contributed by atoms with van der Waals surface area (Å²) < 4.78 is 5.29. The highest BCUT2D eigenvalue weighted by Crippen LogP contribution is 2.20. The normalized spacial score (nSPS) is 20.3. The number of nitrogens with zero attached hydrogens (tertiary/aromatic N) is 2. The van der Waals surface area contributed by atoms with Gasteiger partial charge in [-0.3, -0.25) is 5.01 Å². The Hall–Kier alpha value is -1.35. The number of ether oxygens (including phenoxy) is 1. The molecule has 19 heavy (non-hydrogen) atoms. The van der Waals surface area contributed by atoms with Crippen LogP contribution in [0.4, 0.5) is 0 Å². The fraction of sp³-hybridized carbons (Fsp3) is 0.562. The zero-order valence-electron chi connectivity index (χ0n) is 12.2. The van der Waals surface area contributed by atoms with Gasteiger partial charge in [-0.05, 0) is 24.3 Å². The van der Waals surface area contributed by atoms with Crippen LogP contribution in [0.25, 0.3) is 0 Å². The van der Waals surface area contributed by atoms with E-state index in [2.05, 4.69) is 43.1 Å². The van der Waals surface area contributed by atoms with Crippen molar-refractivity contribution in [2.45, 2.75) is 32.7 Å². The molecule has 0 spiro atoms. The average Bonchev–Trinajstić information content (AvgIpc) is 2.84. The monoisotopic (exact) mass is 260 g/mol. The number of hydrogen-bond donors (Lipinski definition) is 0. The molecule has 1 aromatic carbocycles. The Labute approximate surface area is 116 Å². The first-order valence-corrected chi connectivity index (χ1v) is 7.12. The van der Waals surface area contributed by atoms with Gasteiger partial charge in [-0.15, -0.1) is 0 Å². The van der Waals surface area contributed by atoms with Gasteiger partial charge in [0.25, 0.3) is 0 Å². The summed E-state index contributed by atoms with van der Waals surface area (Å²) in [7, 11) is 1.76. The lowest BCUT2D eigenvalue weighted by Crippen LogP contribution is -2.30. The van der Waals surface area contributed by atoms with E-state index in [0.29, 0.717) is 12.0 Å². The average molecular weight is 260 g/mol. The molecule has 1 saturated heterocycles. The molecular weight excluding hydrogens is 236 g/mol. The maximum absolute atomic E-state index is 5.29. The fourth-order valence-electron chi connectivity index (χ4n) is 2.57. The van der Waals surface area contributed by atoms with E-state index in [1.54, 1.807) is 7.11 Å². The van der Waals surface area contributed by atoms with Crippen molar-refractivity contribution in [1.29, 1.82) is 0 Å². The van der Waals surface area contributed by atoms with E-state index in [4.69, 9.17) is 9.84 Å². The lowest BCUT2D eigenvalue weighted by atomic mass is 10.0. The topological polar surface area (TPSA) is 24.8 Å². The van der Waals surface area contributed by atoms with Crippen LogP contribution in [0.2, 0.25) is 0 Å². The van der Waals surface area contributed by atoms with Gasteiger partial charge in [0.1, 0.15) is 0 Å². The quantitative estimate of drug-likeness (QED) is 0.760. The molecule has 0 radical (unpaired) electrons. The van der Waals surface area contributed by atoms with Gasteiger partial charge >= 0.3 is 0 Å². The molecule has 1 aliphatic rings. The fourth-order valence-corrected chi connectivity index (χ4v) is 2.57. The lowest BCUT2D eigenvalue weighted by molar-refractivity contribution is 0.117. The van der Waals surface area contributed by atoms with Crippen LogP contribution in [0, 0.1) is 5.92 Å². The van der Waals surface area contributed by atoms with E-state index in [-0.39, 0.29) is 0 Å². The molecule has 0 saturated carbocycles. The summed E-state index contributed by atoms with van der Waals surface area (Å²) in [5.41, 5.74) is 2.39. The predicted molar refractivity (Wildman–Crippen MR) is 79.4 cm³/mol. The van der Waals surface area contributed by atoms with Crippen molar-refractivity contribution in [3.8, 4) is 0 Å². The molecular formula is C16H24N2O.